The molecule has 4 rings (SSSR count). The van der Waals surface area contributed by atoms with Crippen molar-refractivity contribution in [3.05, 3.63) is 48.2 Å². The highest BCUT2D eigenvalue weighted by molar-refractivity contribution is 6.04. The van der Waals surface area contributed by atoms with Gasteiger partial charge in [-0.1, -0.05) is 32.0 Å². The summed E-state index contributed by atoms with van der Waals surface area (Å²) in [6.45, 7) is 5.79. The van der Waals surface area contributed by atoms with Crippen molar-refractivity contribution >= 4 is 16.8 Å². The van der Waals surface area contributed by atoms with E-state index in [1.54, 1.807) is 0 Å². The van der Waals surface area contributed by atoms with Crippen LogP contribution in [0.25, 0.3) is 10.9 Å². The molecule has 2 aromatic heterocycles. The van der Waals surface area contributed by atoms with Crippen LogP contribution >= 0.6 is 0 Å². The molecule has 1 N–H and O–H groups in total. The largest absolute Gasteiger partial charge is 0.335 e. The number of piperidine rings is 1. The van der Waals surface area contributed by atoms with Crippen LogP contribution in [-0.4, -0.2) is 43.6 Å². The number of carbonyl (C=O) groups excluding carboxylic acids is 1. The zero-order valence-electron chi connectivity index (χ0n) is 14.6. The summed E-state index contributed by atoms with van der Waals surface area (Å²) in [5.74, 6) is 1.47. The number of para-hydroxylation sites is 1. The number of amides is 1. The number of likely N-dealkylation sites (tertiary alicyclic amines) is 1. The van der Waals surface area contributed by atoms with Crippen molar-refractivity contribution in [3.63, 3.8) is 0 Å². The lowest BCUT2D eigenvalue weighted by Gasteiger charge is -2.34. The van der Waals surface area contributed by atoms with E-state index in [0.29, 0.717) is 18.2 Å². The molecular weight excluding hydrogens is 314 g/mol. The summed E-state index contributed by atoms with van der Waals surface area (Å²) < 4.78 is 2.24. The van der Waals surface area contributed by atoms with Gasteiger partial charge in [0.15, 0.2) is 5.69 Å². The maximum atomic E-state index is 13.0. The summed E-state index contributed by atoms with van der Waals surface area (Å²) in [5, 5.41) is 8.12. The number of rotatable bonds is 3. The number of hydrogen-bond donors (Lipinski definition) is 1. The van der Waals surface area contributed by atoms with Crippen LogP contribution < -0.4 is 0 Å². The molecule has 1 atom stereocenters. The highest BCUT2D eigenvalue weighted by Crippen LogP contribution is 2.27. The van der Waals surface area contributed by atoms with Gasteiger partial charge in [0.05, 0.1) is 11.6 Å². The van der Waals surface area contributed by atoms with Crippen LogP contribution in [0.3, 0.4) is 0 Å². The minimum Gasteiger partial charge on any atom is -0.335 e. The van der Waals surface area contributed by atoms with E-state index in [9.17, 15) is 4.79 Å². The van der Waals surface area contributed by atoms with Gasteiger partial charge in [-0.2, -0.15) is 5.10 Å². The Bertz CT molecular complexity index is 894. The highest BCUT2D eigenvalue weighted by atomic mass is 16.2. The zero-order valence-corrected chi connectivity index (χ0v) is 14.6. The van der Waals surface area contributed by atoms with E-state index in [-0.39, 0.29) is 11.9 Å². The number of hydrogen-bond acceptors (Lipinski definition) is 3. The smallest absolute Gasteiger partial charge is 0.275 e. The Hall–Kier alpha value is -2.63. The Balaban J connectivity index is 1.59. The minimum atomic E-state index is 0.00774. The number of carbonyl (C=O) groups is 1. The summed E-state index contributed by atoms with van der Waals surface area (Å²) >= 11 is 0. The number of imidazole rings is 1. The summed E-state index contributed by atoms with van der Waals surface area (Å²) in [5.41, 5.74) is 1.42. The normalized spacial score (nSPS) is 18.2. The zero-order chi connectivity index (χ0) is 17.4. The SMILES string of the molecule is CC(C)c1nccn1[C@H]1CCCN(C(=O)c2n[nH]c3ccccc23)C1. The molecule has 1 aliphatic heterocycles. The topological polar surface area (TPSA) is 66.8 Å². The van der Waals surface area contributed by atoms with Crippen molar-refractivity contribution < 1.29 is 4.79 Å². The maximum Gasteiger partial charge on any atom is 0.275 e. The molecule has 6 heteroatoms. The standard InChI is InChI=1S/C19H23N5O/c1-13(2)18-20-9-11-24(18)14-6-5-10-23(12-14)19(25)17-15-7-3-4-8-16(15)21-22-17/h3-4,7-9,11,13-14H,5-6,10,12H2,1-2H3,(H,21,22)/t14-/m0/s1. The average molecular weight is 337 g/mol. The van der Waals surface area contributed by atoms with Crippen molar-refractivity contribution in [1.82, 2.24) is 24.6 Å². The minimum absolute atomic E-state index is 0.00774. The molecule has 0 unspecified atom stereocenters. The fourth-order valence-electron chi connectivity index (χ4n) is 3.72. The molecule has 3 aromatic rings. The first-order valence-corrected chi connectivity index (χ1v) is 8.90. The Morgan fingerprint density at radius 3 is 3.00 bits per heavy atom. The number of H-pyrrole nitrogens is 1. The van der Waals surface area contributed by atoms with Gasteiger partial charge in [0.1, 0.15) is 5.82 Å². The van der Waals surface area contributed by atoms with E-state index < -0.39 is 0 Å². The molecule has 25 heavy (non-hydrogen) atoms. The number of aromatic nitrogens is 4. The molecular formula is C19H23N5O. The molecule has 6 nitrogen and oxygen atoms in total. The highest BCUT2D eigenvalue weighted by Gasteiger charge is 2.28. The molecule has 0 saturated carbocycles. The van der Waals surface area contributed by atoms with Crippen LogP contribution in [0, 0.1) is 0 Å². The molecule has 1 saturated heterocycles. The third kappa shape index (κ3) is 2.81. The third-order valence-electron chi connectivity index (χ3n) is 4.97. The average Bonchev–Trinajstić information content (AvgIpc) is 3.28. The van der Waals surface area contributed by atoms with Gasteiger partial charge in [0.2, 0.25) is 0 Å². The van der Waals surface area contributed by atoms with Crippen molar-refractivity contribution in [2.24, 2.45) is 0 Å². The van der Waals surface area contributed by atoms with Gasteiger partial charge in [0, 0.05) is 36.8 Å². The Morgan fingerprint density at radius 1 is 1.32 bits per heavy atom. The molecule has 3 heterocycles. The lowest BCUT2D eigenvalue weighted by molar-refractivity contribution is 0.0673. The quantitative estimate of drug-likeness (QED) is 0.797. The molecule has 0 bridgehead atoms. The number of benzene rings is 1. The van der Waals surface area contributed by atoms with E-state index in [2.05, 4.69) is 33.6 Å². The van der Waals surface area contributed by atoms with Gasteiger partial charge in [-0.3, -0.25) is 9.89 Å². The van der Waals surface area contributed by atoms with Gasteiger partial charge >= 0.3 is 0 Å². The summed E-state index contributed by atoms with van der Waals surface area (Å²) in [7, 11) is 0. The van der Waals surface area contributed by atoms with Crippen LogP contribution in [0.2, 0.25) is 0 Å². The predicted molar refractivity (Wildman–Crippen MR) is 96.6 cm³/mol. The molecule has 0 radical (unpaired) electrons. The first-order valence-electron chi connectivity index (χ1n) is 8.90. The van der Waals surface area contributed by atoms with E-state index in [1.807, 2.05) is 41.6 Å². The Kier molecular flexibility index (Phi) is 4.03. The fourth-order valence-corrected chi connectivity index (χ4v) is 3.72. The lowest BCUT2D eigenvalue weighted by atomic mass is 10.0. The maximum absolute atomic E-state index is 13.0. The first-order chi connectivity index (χ1) is 12.1. The van der Waals surface area contributed by atoms with E-state index >= 15 is 0 Å². The number of nitrogens with zero attached hydrogens (tertiary/aromatic N) is 4. The van der Waals surface area contributed by atoms with Gasteiger partial charge in [-0.15, -0.1) is 0 Å². The van der Waals surface area contributed by atoms with Gasteiger partial charge in [-0.25, -0.2) is 4.98 Å². The number of aromatic amines is 1. The molecule has 1 amide bonds. The van der Waals surface area contributed by atoms with Crippen LogP contribution in [0.5, 0.6) is 0 Å². The second kappa shape index (κ2) is 6.35. The summed E-state index contributed by atoms with van der Waals surface area (Å²) in [6, 6.07) is 8.05. The van der Waals surface area contributed by atoms with Crippen molar-refractivity contribution in [2.75, 3.05) is 13.1 Å². The number of nitrogens with one attached hydrogen (secondary N) is 1. The van der Waals surface area contributed by atoms with Gasteiger partial charge in [0.25, 0.3) is 5.91 Å². The monoisotopic (exact) mass is 337 g/mol. The molecule has 0 spiro atoms. The van der Waals surface area contributed by atoms with Crippen LogP contribution in [0.1, 0.15) is 55.0 Å². The third-order valence-corrected chi connectivity index (χ3v) is 4.97. The summed E-state index contributed by atoms with van der Waals surface area (Å²) in [4.78, 5) is 19.5. The van der Waals surface area contributed by atoms with Crippen LogP contribution in [0.15, 0.2) is 36.7 Å². The van der Waals surface area contributed by atoms with Crippen molar-refractivity contribution in [3.8, 4) is 0 Å². The second-order valence-corrected chi connectivity index (χ2v) is 7.01. The molecule has 1 aromatic carbocycles. The van der Waals surface area contributed by atoms with Gasteiger partial charge < -0.3 is 9.47 Å². The lowest BCUT2D eigenvalue weighted by Crippen LogP contribution is -2.41. The molecule has 0 aliphatic carbocycles. The van der Waals surface area contributed by atoms with Gasteiger partial charge in [-0.05, 0) is 18.9 Å². The fraction of sp³-hybridized carbons (Fsp3) is 0.421. The van der Waals surface area contributed by atoms with E-state index in [0.717, 1.165) is 36.1 Å². The van der Waals surface area contributed by atoms with E-state index in [1.165, 1.54) is 0 Å². The number of fused-ring (bicyclic) bond motifs is 1. The van der Waals surface area contributed by atoms with Crippen molar-refractivity contribution in [1.29, 1.82) is 0 Å². The Morgan fingerprint density at radius 2 is 2.16 bits per heavy atom. The second-order valence-electron chi connectivity index (χ2n) is 7.01. The van der Waals surface area contributed by atoms with Crippen LogP contribution in [-0.2, 0) is 0 Å². The molecule has 1 aliphatic rings. The van der Waals surface area contributed by atoms with E-state index in [4.69, 9.17) is 0 Å². The van der Waals surface area contributed by atoms with Crippen molar-refractivity contribution in [2.45, 2.75) is 38.6 Å². The Labute approximate surface area is 146 Å². The van der Waals surface area contributed by atoms with Crippen LogP contribution in [0.4, 0.5) is 0 Å². The first kappa shape index (κ1) is 15.9. The summed E-state index contributed by atoms with van der Waals surface area (Å²) in [6.07, 6.45) is 5.96. The molecule has 130 valence electrons. The molecule has 1 fully saturated rings. The predicted octanol–water partition coefficient (Wildman–Crippen LogP) is 3.36.